The topological polar surface area (TPSA) is 59.9 Å². The molecule has 4 nitrogen and oxygen atoms in total. The molecule has 0 aromatic carbocycles. The molecule has 1 aromatic rings. The number of sulfone groups is 1. The van der Waals surface area contributed by atoms with Gasteiger partial charge in [-0.3, -0.25) is 0 Å². The zero-order valence-electron chi connectivity index (χ0n) is 8.76. The van der Waals surface area contributed by atoms with Crippen LogP contribution in [0.5, 0.6) is 0 Å². The molecule has 1 saturated carbocycles. The third-order valence-electron chi connectivity index (χ3n) is 2.92. The van der Waals surface area contributed by atoms with Gasteiger partial charge in [-0.1, -0.05) is 19.3 Å². The van der Waals surface area contributed by atoms with E-state index in [1.807, 2.05) is 0 Å². The summed E-state index contributed by atoms with van der Waals surface area (Å²) in [6.45, 7) is 0. The molecule has 0 atom stereocenters. The van der Waals surface area contributed by atoms with Gasteiger partial charge < -0.3 is 0 Å². The first-order chi connectivity index (χ1) is 7.60. The molecular weight excluding hydrogens is 248 g/mol. The molecule has 0 spiro atoms. The van der Waals surface area contributed by atoms with Crippen molar-refractivity contribution in [3.63, 3.8) is 0 Å². The minimum absolute atomic E-state index is 0.0718. The molecule has 0 saturated heterocycles. The van der Waals surface area contributed by atoms with Gasteiger partial charge in [-0.25, -0.2) is 18.4 Å². The maximum atomic E-state index is 12.2. The highest BCUT2D eigenvalue weighted by Crippen LogP contribution is 2.27. The molecular formula is C10H13ClN2O2S. The lowest BCUT2D eigenvalue weighted by Gasteiger charge is -2.21. The third-order valence-corrected chi connectivity index (χ3v) is 5.33. The molecule has 1 fully saturated rings. The molecule has 2 rings (SSSR count). The Morgan fingerprint density at radius 2 is 1.69 bits per heavy atom. The van der Waals surface area contributed by atoms with E-state index in [2.05, 4.69) is 9.97 Å². The van der Waals surface area contributed by atoms with Gasteiger partial charge in [0, 0.05) is 0 Å². The van der Waals surface area contributed by atoms with Crippen molar-refractivity contribution >= 4 is 21.4 Å². The summed E-state index contributed by atoms with van der Waals surface area (Å²) in [6, 6.07) is 0. The van der Waals surface area contributed by atoms with E-state index in [4.69, 9.17) is 11.6 Å². The number of halogens is 1. The molecule has 0 aliphatic heterocycles. The lowest BCUT2D eigenvalue weighted by molar-refractivity contribution is 0.483. The van der Waals surface area contributed by atoms with Crippen LogP contribution in [-0.2, 0) is 9.84 Å². The first-order valence-corrected chi connectivity index (χ1v) is 7.24. The van der Waals surface area contributed by atoms with Crippen LogP contribution >= 0.6 is 11.6 Å². The summed E-state index contributed by atoms with van der Waals surface area (Å²) in [4.78, 5) is 7.61. The molecule has 88 valence electrons. The minimum atomic E-state index is -3.26. The van der Waals surface area contributed by atoms with Gasteiger partial charge in [-0.05, 0) is 24.4 Å². The van der Waals surface area contributed by atoms with Crippen molar-refractivity contribution in [1.29, 1.82) is 0 Å². The fraction of sp³-hybridized carbons (Fsp3) is 0.600. The van der Waals surface area contributed by atoms with Crippen molar-refractivity contribution in [1.82, 2.24) is 9.97 Å². The quantitative estimate of drug-likeness (QED) is 0.765. The van der Waals surface area contributed by atoms with Gasteiger partial charge in [0.15, 0.2) is 9.84 Å². The molecule has 1 aromatic heterocycles. The summed E-state index contributed by atoms with van der Waals surface area (Å²) in [7, 11) is -3.26. The standard InChI is InChI=1S/C10H13ClN2O2S/c11-10-12-6-9(7-13-10)16(14,15)8-4-2-1-3-5-8/h6-8H,1-5H2. The second-order valence-electron chi connectivity index (χ2n) is 3.99. The summed E-state index contributed by atoms with van der Waals surface area (Å²) in [6.07, 6.45) is 7.16. The predicted molar refractivity (Wildman–Crippen MR) is 61.1 cm³/mol. The van der Waals surface area contributed by atoms with Crippen LogP contribution in [0.25, 0.3) is 0 Å². The molecule has 1 aliphatic carbocycles. The average Bonchev–Trinajstić information content (AvgIpc) is 2.31. The largest absolute Gasteiger partial charge is 0.225 e. The SMILES string of the molecule is O=S(=O)(c1cnc(Cl)nc1)C1CCCCC1. The minimum Gasteiger partial charge on any atom is -0.225 e. The van der Waals surface area contributed by atoms with E-state index in [9.17, 15) is 8.42 Å². The first kappa shape index (κ1) is 11.8. The summed E-state index contributed by atoms with van der Waals surface area (Å²) >= 11 is 5.53. The number of hydrogen-bond acceptors (Lipinski definition) is 4. The van der Waals surface area contributed by atoms with Crippen LogP contribution in [-0.4, -0.2) is 23.6 Å². The highest BCUT2D eigenvalue weighted by atomic mass is 35.5. The van der Waals surface area contributed by atoms with Gasteiger partial charge in [0.25, 0.3) is 0 Å². The zero-order valence-corrected chi connectivity index (χ0v) is 10.3. The van der Waals surface area contributed by atoms with E-state index in [0.717, 1.165) is 32.1 Å². The number of hydrogen-bond donors (Lipinski definition) is 0. The van der Waals surface area contributed by atoms with Crippen LogP contribution < -0.4 is 0 Å². The van der Waals surface area contributed by atoms with Gasteiger partial charge in [-0.15, -0.1) is 0 Å². The van der Waals surface area contributed by atoms with Gasteiger partial charge in [0.1, 0.15) is 4.90 Å². The fourth-order valence-electron chi connectivity index (χ4n) is 2.02. The molecule has 0 N–H and O–H groups in total. The maximum Gasteiger partial charge on any atom is 0.222 e. The van der Waals surface area contributed by atoms with Crippen molar-refractivity contribution in [2.24, 2.45) is 0 Å². The molecule has 0 amide bonds. The smallest absolute Gasteiger partial charge is 0.222 e. The van der Waals surface area contributed by atoms with E-state index >= 15 is 0 Å². The monoisotopic (exact) mass is 260 g/mol. The zero-order chi connectivity index (χ0) is 11.6. The van der Waals surface area contributed by atoms with Crippen molar-refractivity contribution < 1.29 is 8.42 Å². The van der Waals surface area contributed by atoms with Crippen molar-refractivity contribution in [3.8, 4) is 0 Å². The number of rotatable bonds is 2. The Kier molecular flexibility index (Phi) is 3.44. The summed E-state index contributed by atoms with van der Waals surface area (Å²) in [5.74, 6) is 0. The van der Waals surface area contributed by atoms with Crippen LogP contribution in [0.2, 0.25) is 5.28 Å². The molecule has 6 heteroatoms. The summed E-state index contributed by atoms with van der Waals surface area (Å²) < 4.78 is 24.4. The Balaban J connectivity index is 2.27. The van der Waals surface area contributed by atoms with Crippen LogP contribution in [0.1, 0.15) is 32.1 Å². The van der Waals surface area contributed by atoms with Gasteiger partial charge >= 0.3 is 0 Å². The highest BCUT2D eigenvalue weighted by molar-refractivity contribution is 7.92. The van der Waals surface area contributed by atoms with Crippen LogP contribution in [0.15, 0.2) is 17.3 Å². The molecule has 0 bridgehead atoms. The molecule has 1 heterocycles. The number of nitrogens with zero attached hydrogens (tertiary/aromatic N) is 2. The Morgan fingerprint density at radius 3 is 2.25 bits per heavy atom. The lowest BCUT2D eigenvalue weighted by Crippen LogP contribution is -2.24. The molecule has 0 unspecified atom stereocenters. The molecule has 1 aliphatic rings. The van der Waals surface area contributed by atoms with E-state index in [1.165, 1.54) is 12.4 Å². The normalized spacial score (nSPS) is 18.6. The van der Waals surface area contributed by atoms with Gasteiger partial charge in [0.05, 0.1) is 17.6 Å². The third kappa shape index (κ3) is 2.35. The molecule has 0 radical (unpaired) electrons. The highest BCUT2D eigenvalue weighted by Gasteiger charge is 2.29. The van der Waals surface area contributed by atoms with E-state index in [0.29, 0.717) is 0 Å². The second-order valence-corrected chi connectivity index (χ2v) is 6.56. The Bertz CT molecular complexity index is 452. The average molecular weight is 261 g/mol. The van der Waals surface area contributed by atoms with Crippen molar-refractivity contribution in [3.05, 3.63) is 17.7 Å². The van der Waals surface area contributed by atoms with E-state index in [-0.39, 0.29) is 15.4 Å². The summed E-state index contributed by atoms with van der Waals surface area (Å²) in [5, 5.41) is -0.200. The Hall–Kier alpha value is -0.680. The van der Waals surface area contributed by atoms with Crippen LogP contribution in [0, 0.1) is 0 Å². The van der Waals surface area contributed by atoms with Crippen molar-refractivity contribution in [2.75, 3.05) is 0 Å². The van der Waals surface area contributed by atoms with E-state index < -0.39 is 9.84 Å². The van der Waals surface area contributed by atoms with Crippen LogP contribution in [0.3, 0.4) is 0 Å². The molecule has 16 heavy (non-hydrogen) atoms. The predicted octanol–water partition coefficient (Wildman–Crippen LogP) is 2.24. The Labute approximate surface area is 100.0 Å². The fourth-order valence-corrected chi connectivity index (χ4v) is 3.85. The van der Waals surface area contributed by atoms with Crippen molar-refractivity contribution in [2.45, 2.75) is 42.2 Å². The van der Waals surface area contributed by atoms with Gasteiger partial charge in [0.2, 0.25) is 5.28 Å². The first-order valence-electron chi connectivity index (χ1n) is 5.32. The Morgan fingerprint density at radius 1 is 1.12 bits per heavy atom. The van der Waals surface area contributed by atoms with Crippen LogP contribution in [0.4, 0.5) is 0 Å². The van der Waals surface area contributed by atoms with Gasteiger partial charge in [-0.2, -0.15) is 0 Å². The lowest BCUT2D eigenvalue weighted by atomic mass is 10.0. The summed E-state index contributed by atoms with van der Waals surface area (Å²) in [5.41, 5.74) is 0. The number of aromatic nitrogens is 2. The maximum absolute atomic E-state index is 12.2. The van der Waals surface area contributed by atoms with E-state index in [1.54, 1.807) is 0 Å². The second kappa shape index (κ2) is 4.67.